The summed E-state index contributed by atoms with van der Waals surface area (Å²) in [5, 5.41) is 0. The predicted octanol–water partition coefficient (Wildman–Crippen LogP) is 3.40. The number of hydrogen-bond donors (Lipinski definition) is 0. The molecular weight excluding hydrogens is 330 g/mol. The van der Waals surface area contributed by atoms with Crippen LogP contribution in [0.2, 0.25) is 0 Å². The summed E-state index contributed by atoms with van der Waals surface area (Å²) >= 11 is 0. The fraction of sp³-hybridized carbons (Fsp3) is 0.381. The molecule has 1 unspecified atom stereocenters. The molecule has 0 bridgehead atoms. The van der Waals surface area contributed by atoms with E-state index in [0.717, 1.165) is 17.7 Å². The Kier molecular flexibility index (Phi) is 5.35. The van der Waals surface area contributed by atoms with Gasteiger partial charge in [-0.2, -0.15) is 0 Å². The molecule has 1 amide bonds. The Bertz CT molecular complexity index is 803. The molecule has 2 aromatic carbocycles. The number of hydrogen-bond acceptors (Lipinski definition) is 4. The summed E-state index contributed by atoms with van der Waals surface area (Å²) in [5.74, 6) is 2.28. The Hall–Kier alpha value is -2.69. The Balaban J connectivity index is 1.76. The smallest absolute Gasteiger partial charge is 0.227 e. The van der Waals surface area contributed by atoms with Crippen LogP contribution in [-0.4, -0.2) is 38.7 Å². The second kappa shape index (κ2) is 7.68. The average Bonchev–Trinajstić information content (AvgIpc) is 2.67. The van der Waals surface area contributed by atoms with Crippen molar-refractivity contribution in [2.75, 3.05) is 27.9 Å². The maximum absolute atomic E-state index is 12.9. The lowest BCUT2D eigenvalue weighted by Gasteiger charge is -2.35. The summed E-state index contributed by atoms with van der Waals surface area (Å²) < 4.78 is 15.9. The number of amides is 1. The number of carbonyl (C=O) groups excluding carboxylic acids is 1. The summed E-state index contributed by atoms with van der Waals surface area (Å²) in [6.07, 6.45) is 1.19. The van der Waals surface area contributed by atoms with Gasteiger partial charge in [0.2, 0.25) is 5.91 Å². The monoisotopic (exact) mass is 355 g/mol. The van der Waals surface area contributed by atoms with Crippen LogP contribution in [0.3, 0.4) is 0 Å². The lowest BCUT2D eigenvalue weighted by Crippen LogP contribution is -2.39. The SMILES string of the molecule is COc1ccc2c(c1)CCN(C(=O)Cc1ccc(OC)c(OC)c1)C2C. The third-order valence-corrected chi connectivity index (χ3v) is 5.01. The van der Waals surface area contributed by atoms with Crippen molar-refractivity contribution in [3.05, 3.63) is 53.1 Å². The number of ether oxygens (including phenoxy) is 3. The third-order valence-electron chi connectivity index (χ3n) is 5.01. The van der Waals surface area contributed by atoms with Gasteiger partial charge in [-0.25, -0.2) is 0 Å². The van der Waals surface area contributed by atoms with Gasteiger partial charge in [0, 0.05) is 6.54 Å². The molecule has 0 aromatic heterocycles. The zero-order valence-corrected chi connectivity index (χ0v) is 15.7. The summed E-state index contributed by atoms with van der Waals surface area (Å²) in [6, 6.07) is 11.8. The summed E-state index contributed by atoms with van der Waals surface area (Å²) in [4.78, 5) is 14.8. The fourth-order valence-corrected chi connectivity index (χ4v) is 3.54. The topological polar surface area (TPSA) is 48.0 Å². The molecule has 5 nitrogen and oxygen atoms in total. The zero-order chi connectivity index (χ0) is 18.7. The van der Waals surface area contributed by atoms with E-state index in [2.05, 4.69) is 19.1 Å². The minimum atomic E-state index is 0.0531. The van der Waals surface area contributed by atoms with Gasteiger partial charge in [-0.3, -0.25) is 4.79 Å². The fourth-order valence-electron chi connectivity index (χ4n) is 3.54. The number of nitrogens with zero attached hydrogens (tertiary/aromatic N) is 1. The van der Waals surface area contributed by atoms with Crippen LogP contribution in [0.1, 0.15) is 29.7 Å². The highest BCUT2D eigenvalue weighted by Gasteiger charge is 2.27. The molecule has 0 aliphatic carbocycles. The molecule has 2 aromatic rings. The molecule has 0 N–H and O–H groups in total. The van der Waals surface area contributed by atoms with Crippen molar-refractivity contribution in [1.82, 2.24) is 4.90 Å². The van der Waals surface area contributed by atoms with E-state index in [1.807, 2.05) is 29.2 Å². The van der Waals surface area contributed by atoms with Crippen LogP contribution in [0.25, 0.3) is 0 Å². The summed E-state index contributed by atoms with van der Waals surface area (Å²) in [7, 11) is 4.87. The molecule has 1 atom stereocenters. The van der Waals surface area contributed by atoms with Crippen LogP contribution in [0.15, 0.2) is 36.4 Å². The van der Waals surface area contributed by atoms with E-state index in [1.165, 1.54) is 11.1 Å². The minimum absolute atomic E-state index is 0.0531. The summed E-state index contributed by atoms with van der Waals surface area (Å²) in [6.45, 7) is 2.80. The Morgan fingerprint density at radius 2 is 1.81 bits per heavy atom. The standard InChI is InChI=1S/C21H25NO4/c1-14-18-7-6-17(24-2)13-16(18)9-10-22(14)21(23)12-15-5-8-19(25-3)20(11-15)26-4/h5-8,11,13-14H,9-10,12H2,1-4H3. The van der Waals surface area contributed by atoms with E-state index in [1.54, 1.807) is 21.3 Å². The number of carbonyl (C=O) groups is 1. The molecule has 0 saturated heterocycles. The van der Waals surface area contributed by atoms with Crippen molar-refractivity contribution in [2.45, 2.75) is 25.8 Å². The van der Waals surface area contributed by atoms with Crippen molar-refractivity contribution in [3.8, 4) is 17.2 Å². The van der Waals surface area contributed by atoms with Crippen molar-refractivity contribution in [1.29, 1.82) is 0 Å². The van der Waals surface area contributed by atoms with Gasteiger partial charge in [-0.15, -0.1) is 0 Å². The predicted molar refractivity (Wildman–Crippen MR) is 100 cm³/mol. The molecular formula is C21H25NO4. The highest BCUT2D eigenvalue weighted by Crippen LogP contribution is 2.33. The van der Waals surface area contributed by atoms with E-state index < -0.39 is 0 Å². The Morgan fingerprint density at radius 1 is 1.04 bits per heavy atom. The van der Waals surface area contributed by atoms with Gasteiger partial charge in [0.15, 0.2) is 11.5 Å². The van der Waals surface area contributed by atoms with Crippen molar-refractivity contribution in [2.24, 2.45) is 0 Å². The molecule has 1 aliphatic heterocycles. The van der Waals surface area contributed by atoms with Gasteiger partial charge in [-0.1, -0.05) is 12.1 Å². The average molecular weight is 355 g/mol. The number of rotatable bonds is 5. The van der Waals surface area contributed by atoms with Gasteiger partial charge in [0.1, 0.15) is 5.75 Å². The van der Waals surface area contributed by atoms with Gasteiger partial charge >= 0.3 is 0 Å². The van der Waals surface area contributed by atoms with Crippen molar-refractivity contribution < 1.29 is 19.0 Å². The Labute approximate surface area is 154 Å². The largest absolute Gasteiger partial charge is 0.497 e. The molecule has 138 valence electrons. The highest BCUT2D eigenvalue weighted by molar-refractivity contribution is 5.80. The number of methoxy groups -OCH3 is 3. The molecule has 1 aliphatic rings. The first kappa shape index (κ1) is 18.1. The molecule has 0 fully saturated rings. The molecule has 26 heavy (non-hydrogen) atoms. The first-order valence-corrected chi connectivity index (χ1v) is 8.74. The van der Waals surface area contributed by atoms with Crippen LogP contribution in [-0.2, 0) is 17.6 Å². The molecule has 3 rings (SSSR count). The van der Waals surface area contributed by atoms with E-state index in [9.17, 15) is 4.79 Å². The van der Waals surface area contributed by atoms with Crippen LogP contribution < -0.4 is 14.2 Å². The maximum Gasteiger partial charge on any atom is 0.227 e. The number of fused-ring (bicyclic) bond motifs is 1. The quantitative estimate of drug-likeness (QED) is 0.825. The van der Waals surface area contributed by atoms with E-state index in [0.29, 0.717) is 24.5 Å². The minimum Gasteiger partial charge on any atom is -0.497 e. The first-order chi connectivity index (χ1) is 12.6. The van der Waals surface area contributed by atoms with E-state index >= 15 is 0 Å². The van der Waals surface area contributed by atoms with E-state index in [-0.39, 0.29) is 11.9 Å². The first-order valence-electron chi connectivity index (χ1n) is 8.74. The van der Waals surface area contributed by atoms with Crippen LogP contribution in [0.5, 0.6) is 17.2 Å². The van der Waals surface area contributed by atoms with Crippen molar-refractivity contribution in [3.63, 3.8) is 0 Å². The maximum atomic E-state index is 12.9. The van der Waals surface area contributed by atoms with Crippen LogP contribution >= 0.6 is 0 Å². The molecule has 5 heteroatoms. The third kappa shape index (κ3) is 3.47. The molecule has 0 radical (unpaired) electrons. The van der Waals surface area contributed by atoms with E-state index in [4.69, 9.17) is 14.2 Å². The van der Waals surface area contributed by atoms with Gasteiger partial charge in [0.25, 0.3) is 0 Å². The normalized spacial score (nSPS) is 16.0. The lowest BCUT2D eigenvalue weighted by molar-refractivity contribution is -0.133. The van der Waals surface area contributed by atoms with Crippen molar-refractivity contribution >= 4 is 5.91 Å². The summed E-state index contributed by atoms with van der Waals surface area (Å²) in [5.41, 5.74) is 3.37. The van der Waals surface area contributed by atoms with Crippen LogP contribution in [0.4, 0.5) is 0 Å². The lowest BCUT2D eigenvalue weighted by atomic mass is 9.92. The molecule has 0 saturated carbocycles. The second-order valence-corrected chi connectivity index (χ2v) is 6.44. The second-order valence-electron chi connectivity index (χ2n) is 6.44. The van der Waals surface area contributed by atoms with Gasteiger partial charge in [0.05, 0.1) is 33.8 Å². The van der Waals surface area contributed by atoms with Gasteiger partial charge in [-0.05, 0) is 54.3 Å². The van der Waals surface area contributed by atoms with Crippen LogP contribution in [0, 0.1) is 0 Å². The highest BCUT2D eigenvalue weighted by atomic mass is 16.5. The van der Waals surface area contributed by atoms with Gasteiger partial charge < -0.3 is 19.1 Å². The molecule has 1 heterocycles. The Morgan fingerprint density at radius 3 is 2.50 bits per heavy atom. The molecule has 0 spiro atoms. The number of benzene rings is 2. The zero-order valence-electron chi connectivity index (χ0n) is 15.7.